The Hall–Kier alpha value is -2.84. The van der Waals surface area contributed by atoms with Gasteiger partial charge in [0.15, 0.2) is 10.6 Å². The molecule has 1 N–H and O–H groups in total. The highest BCUT2D eigenvalue weighted by molar-refractivity contribution is 7.98. The quantitative estimate of drug-likeness (QED) is 0.592. The average molecular weight is 318 g/mol. The summed E-state index contributed by atoms with van der Waals surface area (Å²) in [5, 5.41) is 18.8. The maximum absolute atomic E-state index is 9.57. The Morgan fingerprint density at radius 1 is 1.04 bits per heavy atom. The largest absolute Gasteiger partial charge is 0.283 e. The van der Waals surface area contributed by atoms with Gasteiger partial charge in [-0.15, -0.1) is 0 Å². The first-order valence-corrected chi connectivity index (χ1v) is 8.25. The SMILES string of the molecule is CSc1nc(-c2ccccc2)c(C#N)c(=N)n1-c1ccccc1. The number of benzene rings is 2. The van der Waals surface area contributed by atoms with Gasteiger partial charge in [-0.25, -0.2) is 4.98 Å². The van der Waals surface area contributed by atoms with Crippen molar-refractivity contribution < 1.29 is 0 Å². The average Bonchev–Trinajstić information content (AvgIpc) is 2.62. The van der Waals surface area contributed by atoms with Crippen LogP contribution in [-0.2, 0) is 0 Å². The molecular weight excluding hydrogens is 304 g/mol. The molecule has 23 heavy (non-hydrogen) atoms. The van der Waals surface area contributed by atoms with E-state index >= 15 is 0 Å². The third kappa shape index (κ3) is 2.77. The van der Waals surface area contributed by atoms with E-state index in [2.05, 4.69) is 11.1 Å². The standard InChI is InChI=1S/C18H14N4S/c1-23-18-21-16(13-8-4-2-5-9-13)15(12-19)17(20)22(18)14-10-6-3-7-11-14/h2-11,20H,1H3. The van der Waals surface area contributed by atoms with Crippen LogP contribution in [0.1, 0.15) is 5.56 Å². The Morgan fingerprint density at radius 3 is 2.22 bits per heavy atom. The van der Waals surface area contributed by atoms with Crippen LogP contribution in [0.4, 0.5) is 0 Å². The Kier molecular flexibility index (Phi) is 4.26. The smallest absolute Gasteiger partial charge is 0.174 e. The summed E-state index contributed by atoms with van der Waals surface area (Å²) in [5.74, 6) is 0. The maximum atomic E-state index is 9.57. The number of nitrogens with one attached hydrogen (secondary N) is 1. The predicted octanol–water partition coefficient (Wildman–Crippen LogP) is 3.61. The number of para-hydroxylation sites is 1. The van der Waals surface area contributed by atoms with Crippen LogP contribution in [0.5, 0.6) is 0 Å². The van der Waals surface area contributed by atoms with Crippen LogP contribution in [0.3, 0.4) is 0 Å². The summed E-state index contributed by atoms with van der Waals surface area (Å²) in [6.07, 6.45) is 1.92. The van der Waals surface area contributed by atoms with Crippen molar-refractivity contribution >= 4 is 11.8 Å². The second kappa shape index (κ2) is 6.51. The maximum Gasteiger partial charge on any atom is 0.174 e. The van der Waals surface area contributed by atoms with Crippen LogP contribution in [0.15, 0.2) is 65.8 Å². The normalized spacial score (nSPS) is 10.3. The van der Waals surface area contributed by atoms with Gasteiger partial charge in [0.2, 0.25) is 0 Å². The van der Waals surface area contributed by atoms with Gasteiger partial charge in [-0.05, 0) is 18.4 Å². The zero-order chi connectivity index (χ0) is 16.2. The zero-order valence-electron chi connectivity index (χ0n) is 12.5. The van der Waals surface area contributed by atoms with Gasteiger partial charge >= 0.3 is 0 Å². The van der Waals surface area contributed by atoms with Crippen LogP contribution in [0.2, 0.25) is 0 Å². The van der Waals surface area contributed by atoms with E-state index in [1.165, 1.54) is 11.8 Å². The monoisotopic (exact) mass is 318 g/mol. The first-order chi connectivity index (χ1) is 11.3. The first-order valence-electron chi connectivity index (χ1n) is 7.03. The fraction of sp³-hybridized carbons (Fsp3) is 0.0556. The molecule has 0 unspecified atom stereocenters. The lowest BCUT2D eigenvalue weighted by Crippen LogP contribution is -2.25. The lowest BCUT2D eigenvalue weighted by Gasteiger charge is -2.15. The van der Waals surface area contributed by atoms with E-state index in [0.717, 1.165) is 11.3 Å². The summed E-state index contributed by atoms with van der Waals surface area (Å²) in [6.45, 7) is 0. The minimum absolute atomic E-state index is 0.150. The van der Waals surface area contributed by atoms with E-state index in [1.54, 1.807) is 4.57 Å². The van der Waals surface area contributed by atoms with Crippen molar-refractivity contribution in [3.63, 3.8) is 0 Å². The van der Waals surface area contributed by atoms with Crippen molar-refractivity contribution in [3.05, 3.63) is 71.7 Å². The van der Waals surface area contributed by atoms with Gasteiger partial charge in [0.25, 0.3) is 0 Å². The topological polar surface area (TPSA) is 65.5 Å². The highest BCUT2D eigenvalue weighted by atomic mass is 32.2. The van der Waals surface area contributed by atoms with Crippen molar-refractivity contribution in [2.75, 3.05) is 6.26 Å². The Bertz CT molecular complexity index is 925. The zero-order valence-corrected chi connectivity index (χ0v) is 13.3. The third-order valence-corrected chi connectivity index (χ3v) is 4.09. The van der Waals surface area contributed by atoms with E-state index < -0.39 is 0 Å². The molecule has 0 fully saturated rings. The molecule has 112 valence electrons. The molecule has 0 atom stereocenters. The van der Waals surface area contributed by atoms with Gasteiger partial charge in [-0.1, -0.05) is 60.3 Å². The van der Waals surface area contributed by atoms with Crippen molar-refractivity contribution in [1.29, 1.82) is 10.7 Å². The molecule has 1 heterocycles. The van der Waals surface area contributed by atoms with Gasteiger partial charge in [0.05, 0.1) is 5.69 Å². The highest BCUT2D eigenvalue weighted by Crippen LogP contribution is 2.23. The van der Waals surface area contributed by atoms with Crippen molar-refractivity contribution in [2.24, 2.45) is 0 Å². The molecule has 0 radical (unpaired) electrons. The molecule has 0 aliphatic rings. The Morgan fingerprint density at radius 2 is 1.65 bits per heavy atom. The number of nitrogens with zero attached hydrogens (tertiary/aromatic N) is 3. The van der Waals surface area contributed by atoms with Gasteiger partial charge in [0, 0.05) is 11.3 Å². The minimum atomic E-state index is 0.150. The van der Waals surface area contributed by atoms with Crippen LogP contribution in [0, 0.1) is 16.7 Å². The first kappa shape index (κ1) is 15.1. The number of rotatable bonds is 3. The molecule has 1 aromatic heterocycles. The van der Waals surface area contributed by atoms with Gasteiger partial charge < -0.3 is 0 Å². The molecule has 0 aliphatic carbocycles. The molecule has 0 spiro atoms. The molecule has 4 nitrogen and oxygen atoms in total. The van der Waals surface area contributed by atoms with E-state index in [4.69, 9.17) is 5.41 Å². The van der Waals surface area contributed by atoms with Crippen LogP contribution in [0.25, 0.3) is 16.9 Å². The Labute approximate surface area is 138 Å². The molecule has 0 saturated carbocycles. The van der Waals surface area contributed by atoms with E-state index in [1.807, 2.05) is 66.9 Å². The second-order valence-corrected chi connectivity index (χ2v) is 5.59. The van der Waals surface area contributed by atoms with Gasteiger partial charge in [-0.2, -0.15) is 5.26 Å². The van der Waals surface area contributed by atoms with Crippen LogP contribution in [-0.4, -0.2) is 15.8 Å². The van der Waals surface area contributed by atoms with E-state index in [9.17, 15) is 5.26 Å². The molecule has 5 heteroatoms. The number of hydrogen-bond donors (Lipinski definition) is 1. The summed E-state index contributed by atoms with van der Waals surface area (Å²) in [6, 6.07) is 21.2. The van der Waals surface area contributed by atoms with Crippen LogP contribution >= 0.6 is 11.8 Å². The number of aromatic nitrogens is 2. The fourth-order valence-electron chi connectivity index (χ4n) is 2.39. The summed E-state index contributed by atoms with van der Waals surface area (Å²) >= 11 is 1.45. The van der Waals surface area contributed by atoms with Crippen LogP contribution < -0.4 is 5.49 Å². The third-order valence-electron chi connectivity index (χ3n) is 3.45. The summed E-state index contributed by atoms with van der Waals surface area (Å²) in [4.78, 5) is 4.65. The van der Waals surface area contributed by atoms with Crippen molar-refractivity contribution in [2.45, 2.75) is 5.16 Å². The molecule has 0 saturated heterocycles. The van der Waals surface area contributed by atoms with E-state index in [0.29, 0.717) is 10.9 Å². The summed E-state index contributed by atoms with van der Waals surface area (Å²) in [5.41, 5.74) is 2.64. The molecule has 0 bridgehead atoms. The highest BCUT2D eigenvalue weighted by Gasteiger charge is 2.16. The van der Waals surface area contributed by atoms with Gasteiger partial charge in [-0.3, -0.25) is 9.98 Å². The molecule has 2 aromatic carbocycles. The van der Waals surface area contributed by atoms with E-state index in [-0.39, 0.29) is 11.1 Å². The van der Waals surface area contributed by atoms with Crippen molar-refractivity contribution in [3.8, 4) is 23.0 Å². The van der Waals surface area contributed by atoms with Crippen molar-refractivity contribution in [1.82, 2.24) is 9.55 Å². The molecular formula is C18H14N4S. The number of thioether (sulfide) groups is 1. The Balaban J connectivity index is 2.34. The lowest BCUT2D eigenvalue weighted by molar-refractivity contribution is 0.766. The molecule has 3 rings (SSSR count). The number of hydrogen-bond acceptors (Lipinski definition) is 4. The summed E-state index contributed by atoms with van der Waals surface area (Å²) in [7, 11) is 0. The number of nitriles is 1. The molecule has 0 amide bonds. The summed E-state index contributed by atoms with van der Waals surface area (Å²) < 4.78 is 1.70. The lowest BCUT2D eigenvalue weighted by atomic mass is 10.1. The van der Waals surface area contributed by atoms with Gasteiger partial charge in [0.1, 0.15) is 11.6 Å². The molecule has 0 aliphatic heterocycles. The minimum Gasteiger partial charge on any atom is -0.283 e. The predicted molar refractivity (Wildman–Crippen MR) is 91.4 cm³/mol. The second-order valence-electron chi connectivity index (χ2n) is 4.82. The molecule has 3 aromatic rings. The fourth-order valence-corrected chi connectivity index (χ4v) is 2.95.